The molecule has 0 unspecified atom stereocenters. The minimum Gasteiger partial charge on any atom is -0.323 e. The summed E-state index contributed by atoms with van der Waals surface area (Å²) in [5.74, 6) is 0.0928. The van der Waals surface area contributed by atoms with Gasteiger partial charge in [0.1, 0.15) is 5.54 Å². The fourth-order valence-electron chi connectivity index (χ4n) is 5.56. The number of hydrogen-bond donors (Lipinski definition) is 1. The van der Waals surface area contributed by atoms with Crippen molar-refractivity contribution >= 4 is 34.2 Å². The lowest BCUT2D eigenvalue weighted by atomic mass is 9.75. The number of aromatic nitrogens is 2. The molecule has 4 heterocycles. The molecule has 3 aromatic rings. The number of benzene rings is 1. The highest BCUT2D eigenvalue weighted by Gasteiger charge is 2.54. The Hall–Kier alpha value is -2.84. The van der Waals surface area contributed by atoms with Gasteiger partial charge < -0.3 is 5.32 Å². The Morgan fingerprint density at radius 1 is 1.15 bits per heavy atom. The summed E-state index contributed by atoms with van der Waals surface area (Å²) in [6.07, 6.45) is 4.90. The zero-order valence-electron chi connectivity index (χ0n) is 19.8. The smallest absolute Gasteiger partial charge is 0.323 e. The normalized spacial score (nSPS) is 22.0. The summed E-state index contributed by atoms with van der Waals surface area (Å²) in [4.78, 5) is 40.1. The molecule has 2 saturated heterocycles. The van der Waals surface area contributed by atoms with Gasteiger partial charge in [-0.25, -0.2) is 9.78 Å². The van der Waals surface area contributed by atoms with Crippen LogP contribution in [0.5, 0.6) is 0 Å². The summed E-state index contributed by atoms with van der Waals surface area (Å²) >= 11 is 1.58. The van der Waals surface area contributed by atoms with Gasteiger partial charge in [-0.15, -0.1) is 11.3 Å². The Bertz CT molecular complexity index is 1200. The molecule has 0 saturated carbocycles. The number of likely N-dealkylation sites (tertiary alicyclic amines) is 1. The van der Waals surface area contributed by atoms with Gasteiger partial charge in [-0.05, 0) is 62.9 Å². The number of pyridine rings is 1. The summed E-state index contributed by atoms with van der Waals surface area (Å²) < 4.78 is 0. The fraction of sp³-hybridized carbons (Fsp3) is 0.462. The molecule has 2 aliphatic heterocycles. The Balaban J connectivity index is 1.24. The van der Waals surface area contributed by atoms with Gasteiger partial charge >= 0.3 is 6.03 Å². The molecule has 7 nitrogen and oxygen atoms in total. The molecule has 2 aromatic heterocycles. The molecule has 178 valence electrons. The van der Waals surface area contributed by atoms with Crippen molar-refractivity contribution in [3.05, 3.63) is 58.2 Å². The molecule has 5 rings (SSSR count). The molecule has 0 bridgehead atoms. The average molecular weight is 478 g/mol. The number of nitrogens with zero attached hydrogens (tertiary/aromatic N) is 4. The summed E-state index contributed by atoms with van der Waals surface area (Å²) in [7, 11) is 0. The van der Waals surface area contributed by atoms with Gasteiger partial charge in [0.25, 0.3) is 5.91 Å². The van der Waals surface area contributed by atoms with Crippen LogP contribution in [0.15, 0.2) is 42.0 Å². The third-order valence-corrected chi connectivity index (χ3v) is 8.58. The lowest BCUT2D eigenvalue weighted by Crippen LogP contribution is -2.55. The van der Waals surface area contributed by atoms with E-state index in [-0.39, 0.29) is 17.9 Å². The van der Waals surface area contributed by atoms with Crippen LogP contribution in [0.25, 0.3) is 10.9 Å². The van der Waals surface area contributed by atoms with Crippen molar-refractivity contribution in [3.63, 3.8) is 0 Å². The Morgan fingerprint density at radius 2 is 1.97 bits per heavy atom. The lowest BCUT2D eigenvalue weighted by molar-refractivity contribution is -0.134. The van der Waals surface area contributed by atoms with Crippen LogP contribution in [0.3, 0.4) is 0 Å². The van der Waals surface area contributed by atoms with Gasteiger partial charge in [-0.2, -0.15) is 0 Å². The third kappa shape index (κ3) is 4.09. The third-order valence-electron chi connectivity index (χ3n) is 7.58. The lowest BCUT2D eigenvalue weighted by Gasteiger charge is -2.40. The molecule has 8 heteroatoms. The first-order valence-electron chi connectivity index (χ1n) is 12.1. The van der Waals surface area contributed by atoms with Crippen LogP contribution in [0.2, 0.25) is 0 Å². The molecule has 1 N–H and O–H groups in total. The first kappa shape index (κ1) is 22.9. The summed E-state index contributed by atoms with van der Waals surface area (Å²) in [6.45, 7) is 7.08. The molecule has 3 amide bonds. The molecule has 1 atom stereocenters. The van der Waals surface area contributed by atoms with E-state index in [1.807, 2.05) is 37.7 Å². The van der Waals surface area contributed by atoms with Crippen LogP contribution in [0.1, 0.15) is 42.3 Å². The molecule has 0 radical (unpaired) electrons. The van der Waals surface area contributed by atoms with Crippen LogP contribution in [-0.4, -0.2) is 56.9 Å². The van der Waals surface area contributed by atoms with Gasteiger partial charge in [0.15, 0.2) is 0 Å². The van der Waals surface area contributed by atoms with E-state index in [0.717, 1.165) is 48.6 Å². The number of aryl methyl sites for hydroxylation is 1. The topological polar surface area (TPSA) is 78.4 Å². The van der Waals surface area contributed by atoms with Crippen LogP contribution < -0.4 is 5.32 Å². The highest BCUT2D eigenvalue weighted by Crippen LogP contribution is 2.37. The molecular weight excluding hydrogens is 446 g/mol. The van der Waals surface area contributed by atoms with Crippen molar-refractivity contribution in [2.75, 3.05) is 19.6 Å². The maximum absolute atomic E-state index is 13.5. The Morgan fingerprint density at radius 3 is 2.71 bits per heavy atom. The van der Waals surface area contributed by atoms with Crippen molar-refractivity contribution in [2.45, 2.75) is 51.6 Å². The maximum atomic E-state index is 13.5. The Labute approximate surface area is 204 Å². The second-order valence-electron chi connectivity index (χ2n) is 9.36. The molecule has 2 aliphatic rings. The second-order valence-corrected chi connectivity index (χ2v) is 10.3. The molecule has 2 fully saturated rings. The fourth-order valence-corrected chi connectivity index (χ4v) is 6.33. The Kier molecular flexibility index (Phi) is 6.36. The van der Waals surface area contributed by atoms with Crippen LogP contribution in [-0.2, 0) is 17.8 Å². The van der Waals surface area contributed by atoms with Crippen molar-refractivity contribution in [1.29, 1.82) is 0 Å². The number of urea groups is 1. The SMILES string of the molecule is CC[C@]1(C2CCN(Cc3cccc4ncccc34)CC2)NC(=O)N(CCc2scnc2C)C1=O. The van der Waals surface area contributed by atoms with E-state index in [0.29, 0.717) is 19.4 Å². The van der Waals surface area contributed by atoms with E-state index >= 15 is 0 Å². The first-order chi connectivity index (χ1) is 16.5. The summed E-state index contributed by atoms with van der Waals surface area (Å²) in [5, 5.41) is 4.31. The number of rotatable bonds is 7. The van der Waals surface area contributed by atoms with Crippen molar-refractivity contribution in [2.24, 2.45) is 5.92 Å². The predicted molar refractivity (Wildman–Crippen MR) is 134 cm³/mol. The predicted octanol–water partition coefficient (Wildman–Crippen LogP) is 4.16. The average Bonchev–Trinajstić information content (AvgIpc) is 3.38. The maximum Gasteiger partial charge on any atom is 0.325 e. The number of piperidine rings is 1. The standard InChI is InChI=1S/C26H31N5O2S/c1-3-26(24(32)31(25(33)29-26)15-11-23-18(2)28-17-34-23)20-9-13-30(14-10-20)16-19-6-4-8-22-21(19)7-5-12-27-22/h4-8,12,17,20H,3,9-11,13-16H2,1-2H3,(H,29,33)/t26-/m1/s1. The monoisotopic (exact) mass is 477 g/mol. The molecular formula is C26H31N5O2S. The first-order valence-corrected chi connectivity index (χ1v) is 13.0. The van der Waals surface area contributed by atoms with E-state index < -0.39 is 5.54 Å². The van der Waals surface area contributed by atoms with Crippen molar-refractivity contribution in [3.8, 4) is 0 Å². The molecule has 34 heavy (non-hydrogen) atoms. The van der Waals surface area contributed by atoms with Gasteiger partial charge in [0.2, 0.25) is 0 Å². The molecule has 0 spiro atoms. The second kappa shape index (κ2) is 9.43. The molecule has 0 aliphatic carbocycles. The van der Waals surface area contributed by atoms with E-state index in [9.17, 15) is 9.59 Å². The largest absolute Gasteiger partial charge is 0.325 e. The van der Waals surface area contributed by atoms with Gasteiger partial charge in [-0.3, -0.25) is 19.6 Å². The number of nitrogens with one attached hydrogen (secondary N) is 1. The minimum absolute atomic E-state index is 0.0549. The zero-order chi connectivity index (χ0) is 23.7. The van der Waals surface area contributed by atoms with Gasteiger partial charge in [-0.1, -0.05) is 25.1 Å². The van der Waals surface area contributed by atoms with Crippen LogP contribution in [0.4, 0.5) is 4.79 Å². The van der Waals surface area contributed by atoms with Gasteiger partial charge in [0, 0.05) is 36.0 Å². The summed E-state index contributed by atoms with van der Waals surface area (Å²) in [5.41, 5.74) is 4.31. The summed E-state index contributed by atoms with van der Waals surface area (Å²) in [6, 6.07) is 10.2. The number of fused-ring (bicyclic) bond motifs is 1. The highest BCUT2D eigenvalue weighted by atomic mass is 32.1. The number of hydrogen-bond acceptors (Lipinski definition) is 6. The minimum atomic E-state index is -0.782. The molecule has 1 aromatic carbocycles. The van der Waals surface area contributed by atoms with Crippen LogP contribution >= 0.6 is 11.3 Å². The van der Waals surface area contributed by atoms with E-state index in [1.165, 1.54) is 15.8 Å². The number of carbonyl (C=O) groups excluding carboxylic acids is 2. The van der Waals surface area contributed by atoms with E-state index in [1.54, 1.807) is 11.3 Å². The number of amides is 3. The van der Waals surface area contributed by atoms with Crippen molar-refractivity contribution < 1.29 is 9.59 Å². The van der Waals surface area contributed by atoms with E-state index in [2.05, 4.69) is 38.4 Å². The van der Waals surface area contributed by atoms with Crippen LogP contribution in [0, 0.1) is 12.8 Å². The quantitative estimate of drug-likeness (QED) is 0.517. The number of imide groups is 1. The highest BCUT2D eigenvalue weighted by molar-refractivity contribution is 7.09. The van der Waals surface area contributed by atoms with E-state index in [4.69, 9.17) is 0 Å². The van der Waals surface area contributed by atoms with Gasteiger partial charge in [0.05, 0.1) is 16.7 Å². The zero-order valence-corrected chi connectivity index (χ0v) is 20.6. The number of carbonyl (C=O) groups is 2. The van der Waals surface area contributed by atoms with Crippen molar-refractivity contribution in [1.82, 2.24) is 25.1 Å². The number of thiazole rings is 1.